The molecule has 72 valence electrons. The molecule has 0 aromatic heterocycles. The number of rotatable bonds is 0. The van der Waals surface area contributed by atoms with Gasteiger partial charge in [-0.25, -0.2) is 0 Å². The zero-order valence-electron chi connectivity index (χ0n) is 5.02. The third-order valence-corrected chi connectivity index (χ3v) is 1.59. The Kier molecular flexibility index (Phi) is 3.31. The summed E-state index contributed by atoms with van der Waals surface area (Å²) in [6.45, 7) is 0. The Balaban J connectivity index is 4.96. The topological polar surface area (TPSA) is 0 Å². The van der Waals surface area contributed by atoms with Crippen molar-refractivity contribution in [2.75, 3.05) is 0 Å². The summed E-state index contributed by atoms with van der Waals surface area (Å²) in [6.07, 6.45) is -10.5. The van der Waals surface area contributed by atoms with Crippen LogP contribution in [-0.4, -0.2) is 12.4 Å². The van der Waals surface area contributed by atoms with Crippen LogP contribution < -0.4 is 0 Å². The smallest absolute Gasteiger partial charge is 0.165 e. The highest BCUT2D eigenvalue weighted by atomic mass is 35.5. The number of alkyl halides is 6. The van der Waals surface area contributed by atoms with Gasteiger partial charge in [-0.2, -0.15) is 26.3 Å². The number of hydrogen-bond acceptors (Lipinski definition) is 0. The predicted octanol–water partition coefficient (Wildman–Crippen LogP) is 3.80. The van der Waals surface area contributed by atoms with Gasteiger partial charge in [0.05, 0.1) is 0 Å². The minimum Gasteiger partial charge on any atom is -0.165 e. The molecule has 12 heavy (non-hydrogen) atoms. The summed E-state index contributed by atoms with van der Waals surface area (Å²) in [5.41, 5.74) is 0. The maximum absolute atomic E-state index is 11.5. The lowest BCUT2D eigenvalue weighted by Gasteiger charge is -2.09. The highest BCUT2D eigenvalue weighted by Crippen LogP contribution is 2.40. The SMILES string of the molecule is FC(F)(F)/C(Cl)=C(\Cl)C(F)(F)F. The Labute approximate surface area is 72.7 Å². The standard InChI is InChI=1S/C4Cl2F6/c5-1(3(7,8)9)2(6)4(10,11)12/b2-1+. The maximum Gasteiger partial charge on any atom is 0.428 e. The van der Waals surface area contributed by atoms with E-state index >= 15 is 0 Å². The van der Waals surface area contributed by atoms with Crippen LogP contribution in [-0.2, 0) is 0 Å². The Morgan fingerprint density at radius 2 is 0.833 bits per heavy atom. The first-order valence-electron chi connectivity index (χ1n) is 2.26. The van der Waals surface area contributed by atoms with E-state index in [4.69, 9.17) is 0 Å². The third-order valence-electron chi connectivity index (χ3n) is 0.690. The summed E-state index contributed by atoms with van der Waals surface area (Å²) in [6, 6.07) is 0. The van der Waals surface area contributed by atoms with E-state index in [-0.39, 0.29) is 0 Å². The van der Waals surface area contributed by atoms with Crippen LogP contribution in [0.1, 0.15) is 0 Å². The lowest BCUT2D eigenvalue weighted by Crippen LogP contribution is -2.16. The largest absolute Gasteiger partial charge is 0.428 e. The molecule has 8 heteroatoms. The average Bonchev–Trinajstić information content (AvgIpc) is 1.80. The zero-order chi connectivity index (χ0) is 10.2. The van der Waals surface area contributed by atoms with Crippen molar-refractivity contribution < 1.29 is 26.3 Å². The van der Waals surface area contributed by atoms with Gasteiger partial charge >= 0.3 is 12.4 Å². The molecule has 0 spiro atoms. The van der Waals surface area contributed by atoms with Gasteiger partial charge in [0.1, 0.15) is 10.1 Å². The van der Waals surface area contributed by atoms with Crippen molar-refractivity contribution in [1.29, 1.82) is 0 Å². The molecule has 0 nitrogen and oxygen atoms in total. The highest BCUT2D eigenvalue weighted by Gasteiger charge is 2.44. The molecule has 0 aliphatic heterocycles. The van der Waals surface area contributed by atoms with Gasteiger partial charge in [-0.15, -0.1) is 0 Å². The molecule has 0 aliphatic rings. The number of hydrogen-bond donors (Lipinski definition) is 0. The van der Waals surface area contributed by atoms with Crippen LogP contribution in [0.25, 0.3) is 0 Å². The Morgan fingerprint density at radius 3 is 0.917 bits per heavy atom. The van der Waals surface area contributed by atoms with Crippen molar-refractivity contribution >= 4 is 23.2 Å². The van der Waals surface area contributed by atoms with Crippen molar-refractivity contribution in [3.05, 3.63) is 10.1 Å². The maximum atomic E-state index is 11.5. The quantitative estimate of drug-likeness (QED) is 0.558. The van der Waals surface area contributed by atoms with Crippen LogP contribution in [0.15, 0.2) is 10.1 Å². The predicted molar refractivity (Wildman–Crippen MR) is 30.8 cm³/mol. The van der Waals surface area contributed by atoms with E-state index in [0.717, 1.165) is 0 Å². The van der Waals surface area contributed by atoms with E-state index in [2.05, 4.69) is 23.2 Å². The van der Waals surface area contributed by atoms with Crippen molar-refractivity contribution in [3.63, 3.8) is 0 Å². The normalized spacial score (nSPS) is 16.0. The van der Waals surface area contributed by atoms with Crippen LogP contribution in [0.3, 0.4) is 0 Å². The molecule has 0 unspecified atom stereocenters. The Bertz CT molecular complexity index is 177. The second-order valence-corrected chi connectivity index (χ2v) is 2.38. The average molecular weight is 233 g/mol. The molecule has 0 saturated heterocycles. The zero-order valence-corrected chi connectivity index (χ0v) is 6.54. The van der Waals surface area contributed by atoms with E-state index < -0.39 is 22.4 Å². The number of halogens is 8. The van der Waals surface area contributed by atoms with Gasteiger partial charge in [0, 0.05) is 0 Å². The fourth-order valence-electron chi connectivity index (χ4n) is 0.249. The Morgan fingerprint density at radius 1 is 0.667 bits per heavy atom. The van der Waals surface area contributed by atoms with Gasteiger partial charge in [0.2, 0.25) is 0 Å². The lowest BCUT2D eigenvalue weighted by atomic mass is 10.4. The molecule has 0 N–H and O–H groups in total. The molecule has 0 heterocycles. The van der Waals surface area contributed by atoms with Gasteiger partial charge < -0.3 is 0 Å². The molecule has 0 fully saturated rings. The minimum absolute atomic E-state index is 2.36. The summed E-state index contributed by atoms with van der Waals surface area (Å²) in [5, 5.41) is -4.73. The summed E-state index contributed by atoms with van der Waals surface area (Å²) in [7, 11) is 0. The van der Waals surface area contributed by atoms with Crippen LogP contribution in [0, 0.1) is 0 Å². The molecule has 0 saturated carbocycles. The molecular formula is C4Cl2F6. The fourth-order valence-corrected chi connectivity index (χ4v) is 0.463. The van der Waals surface area contributed by atoms with E-state index in [1.807, 2.05) is 0 Å². The van der Waals surface area contributed by atoms with Gasteiger partial charge in [0.25, 0.3) is 0 Å². The van der Waals surface area contributed by atoms with Crippen molar-refractivity contribution in [1.82, 2.24) is 0 Å². The highest BCUT2D eigenvalue weighted by molar-refractivity contribution is 6.40. The first kappa shape index (κ1) is 11.9. The first-order valence-corrected chi connectivity index (χ1v) is 3.02. The van der Waals surface area contributed by atoms with Crippen molar-refractivity contribution in [3.8, 4) is 0 Å². The van der Waals surface area contributed by atoms with Gasteiger partial charge in [-0.3, -0.25) is 0 Å². The van der Waals surface area contributed by atoms with Crippen LogP contribution in [0.2, 0.25) is 0 Å². The molecule has 0 radical (unpaired) electrons. The van der Waals surface area contributed by atoms with Crippen LogP contribution in [0.4, 0.5) is 26.3 Å². The molecule has 0 amide bonds. The third kappa shape index (κ3) is 3.10. The van der Waals surface area contributed by atoms with Crippen molar-refractivity contribution in [2.24, 2.45) is 0 Å². The van der Waals surface area contributed by atoms with Gasteiger partial charge in [-0.1, -0.05) is 23.2 Å². The van der Waals surface area contributed by atoms with E-state index in [1.165, 1.54) is 0 Å². The molecule has 0 rings (SSSR count). The summed E-state index contributed by atoms with van der Waals surface area (Å²) >= 11 is 8.59. The summed E-state index contributed by atoms with van der Waals surface area (Å²) < 4.78 is 68.7. The molecule has 0 aromatic rings. The molecular weight excluding hydrogens is 233 g/mol. The molecule has 0 aromatic carbocycles. The van der Waals surface area contributed by atoms with E-state index in [1.54, 1.807) is 0 Å². The minimum atomic E-state index is -5.27. The van der Waals surface area contributed by atoms with Crippen LogP contribution >= 0.6 is 23.2 Å². The van der Waals surface area contributed by atoms with E-state index in [0.29, 0.717) is 0 Å². The monoisotopic (exact) mass is 232 g/mol. The Hall–Kier alpha value is -0.100. The summed E-state index contributed by atoms with van der Waals surface area (Å²) in [5.74, 6) is 0. The lowest BCUT2D eigenvalue weighted by molar-refractivity contribution is -0.105. The second-order valence-electron chi connectivity index (χ2n) is 1.62. The van der Waals surface area contributed by atoms with Crippen molar-refractivity contribution in [2.45, 2.75) is 12.4 Å². The molecule has 0 atom stereocenters. The first-order chi connectivity index (χ1) is 5.07. The van der Waals surface area contributed by atoms with Crippen LogP contribution in [0.5, 0.6) is 0 Å². The van der Waals surface area contributed by atoms with Gasteiger partial charge in [-0.05, 0) is 0 Å². The molecule has 0 bridgehead atoms. The van der Waals surface area contributed by atoms with Gasteiger partial charge in [0.15, 0.2) is 0 Å². The number of allylic oxidation sites excluding steroid dienone is 2. The fraction of sp³-hybridized carbons (Fsp3) is 0.500. The van der Waals surface area contributed by atoms with E-state index in [9.17, 15) is 26.3 Å². The molecule has 0 aliphatic carbocycles. The summed E-state index contributed by atoms with van der Waals surface area (Å²) in [4.78, 5) is 0. The second kappa shape index (κ2) is 3.33.